The van der Waals surface area contributed by atoms with Gasteiger partial charge in [0.25, 0.3) is 5.91 Å². The zero-order chi connectivity index (χ0) is 20.3. The number of hydrogen-bond acceptors (Lipinski definition) is 6. The third-order valence-electron chi connectivity index (χ3n) is 4.30. The number of rotatable bonds is 7. The summed E-state index contributed by atoms with van der Waals surface area (Å²) < 4.78 is 18.6. The minimum Gasteiger partial charge on any atom is -0.418 e. The lowest BCUT2D eigenvalue weighted by Crippen LogP contribution is -2.35. The number of carbonyl (C=O) groups excluding carboxylic acids is 3. The second-order valence-electron chi connectivity index (χ2n) is 6.00. The van der Waals surface area contributed by atoms with Crippen molar-refractivity contribution < 1.29 is 23.5 Å². The number of ether oxygens (including phenoxy) is 1. The van der Waals surface area contributed by atoms with E-state index in [0.29, 0.717) is 13.1 Å². The fourth-order valence-corrected chi connectivity index (χ4v) is 3.63. The Morgan fingerprint density at radius 1 is 1.11 bits per heavy atom. The molecule has 1 aromatic heterocycles. The molecule has 8 heteroatoms. The molecule has 28 heavy (non-hydrogen) atoms. The van der Waals surface area contributed by atoms with Crippen molar-refractivity contribution in [3.63, 3.8) is 0 Å². The molecule has 0 N–H and O–H groups in total. The minimum absolute atomic E-state index is 0.00468. The summed E-state index contributed by atoms with van der Waals surface area (Å²) in [6, 6.07) is 8.59. The summed E-state index contributed by atoms with van der Waals surface area (Å²) in [7, 11) is 0. The number of benzene rings is 1. The molecule has 1 aliphatic heterocycles. The predicted octanol–water partition coefficient (Wildman–Crippen LogP) is 3.10. The van der Waals surface area contributed by atoms with Gasteiger partial charge in [-0.25, -0.2) is 9.29 Å². The number of thiophene rings is 1. The van der Waals surface area contributed by atoms with Gasteiger partial charge in [0, 0.05) is 18.0 Å². The van der Waals surface area contributed by atoms with Crippen molar-refractivity contribution in [3.8, 4) is 0 Å². The van der Waals surface area contributed by atoms with E-state index in [-0.39, 0.29) is 23.6 Å². The van der Waals surface area contributed by atoms with Crippen LogP contribution < -0.4 is 4.90 Å². The molecule has 0 radical (unpaired) electrons. The number of esters is 1. The molecule has 0 aliphatic carbocycles. The monoisotopic (exact) mass is 402 g/mol. The number of amides is 2. The van der Waals surface area contributed by atoms with Crippen LogP contribution in [0.25, 0.3) is 0 Å². The number of carbonyl (C=O) groups is 3. The van der Waals surface area contributed by atoms with Gasteiger partial charge < -0.3 is 9.64 Å². The maximum absolute atomic E-state index is 13.2. The molecule has 1 aromatic carbocycles. The molecule has 0 fully saturated rings. The van der Waals surface area contributed by atoms with E-state index >= 15 is 0 Å². The van der Waals surface area contributed by atoms with Crippen LogP contribution >= 0.6 is 11.3 Å². The van der Waals surface area contributed by atoms with E-state index in [4.69, 9.17) is 4.74 Å². The van der Waals surface area contributed by atoms with Gasteiger partial charge in [0.15, 0.2) is 5.70 Å². The van der Waals surface area contributed by atoms with Crippen LogP contribution in [0.2, 0.25) is 0 Å². The summed E-state index contributed by atoms with van der Waals surface area (Å²) in [5.41, 5.74) is 0.254. The predicted molar refractivity (Wildman–Crippen MR) is 103 cm³/mol. The first-order chi connectivity index (χ1) is 13.5. The van der Waals surface area contributed by atoms with Crippen LogP contribution in [0, 0.1) is 5.82 Å². The maximum atomic E-state index is 13.2. The van der Waals surface area contributed by atoms with E-state index in [1.165, 1.54) is 23.5 Å². The third-order valence-corrected chi connectivity index (χ3v) is 5.17. The minimum atomic E-state index is -0.738. The Bertz CT molecular complexity index is 918. The highest BCUT2D eigenvalue weighted by molar-refractivity contribution is 7.10. The molecule has 146 valence electrons. The molecule has 3 rings (SSSR count). The van der Waals surface area contributed by atoms with Gasteiger partial charge in [-0.15, -0.1) is 11.3 Å². The molecule has 0 bridgehead atoms. The van der Waals surface area contributed by atoms with Crippen LogP contribution in [-0.2, 0) is 25.5 Å². The quantitative estimate of drug-likeness (QED) is 0.526. The average Bonchev–Trinajstić information content (AvgIpc) is 3.26. The largest absolute Gasteiger partial charge is 0.418 e. The Hall–Kier alpha value is -3.00. The lowest BCUT2D eigenvalue weighted by molar-refractivity contribution is -0.141. The van der Waals surface area contributed by atoms with Crippen LogP contribution in [0.3, 0.4) is 0 Å². The van der Waals surface area contributed by atoms with Gasteiger partial charge in [-0.2, -0.15) is 0 Å². The van der Waals surface area contributed by atoms with Crippen molar-refractivity contribution in [3.05, 3.63) is 63.9 Å². The zero-order valence-electron chi connectivity index (χ0n) is 15.5. The van der Waals surface area contributed by atoms with Crippen LogP contribution in [-0.4, -0.2) is 35.8 Å². The molecular weight excluding hydrogens is 383 g/mol. The first-order valence-corrected chi connectivity index (χ1v) is 9.70. The van der Waals surface area contributed by atoms with E-state index in [1.807, 2.05) is 25.3 Å². The first-order valence-electron chi connectivity index (χ1n) is 8.82. The number of imide groups is 1. The maximum Gasteiger partial charge on any atom is 0.316 e. The second-order valence-corrected chi connectivity index (χ2v) is 7.03. The molecule has 0 saturated heterocycles. The van der Waals surface area contributed by atoms with Crippen molar-refractivity contribution in [2.45, 2.75) is 20.3 Å². The highest BCUT2D eigenvalue weighted by atomic mass is 32.1. The highest BCUT2D eigenvalue weighted by Crippen LogP contribution is 2.30. The molecule has 0 spiro atoms. The summed E-state index contributed by atoms with van der Waals surface area (Å²) in [5, 5.41) is 1.84. The first kappa shape index (κ1) is 19.8. The van der Waals surface area contributed by atoms with Crippen LogP contribution in [0.15, 0.2) is 53.2 Å². The van der Waals surface area contributed by atoms with Crippen molar-refractivity contribution in [1.82, 2.24) is 4.90 Å². The van der Waals surface area contributed by atoms with Gasteiger partial charge in [0.1, 0.15) is 5.82 Å². The van der Waals surface area contributed by atoms with Crippen molar-refractivity contribution in [1.29, 1.82) is 0 Å². The van der Waals surface area contributed by atoms with Gasteiger partial charge in [-0.05, 0) is 49.6 Å². The number of likely N-dealkylation sites (N-methyl/N-ethyl adjacent to an activating group) is 1. The normalized spacial score (nSPS) is 14.0. The van der Waals surface area contributed by atoms with E-state index in [0.717, 1.165) is 21.9 Å². The number of hydrogen-bond donors (Lipinski definition) is 0. The molecule has 1 aliphatic rings. The van der Waals surface area contributed by atoms with Crippen molar-refractivity contribution in [2.75, 3.05) is 18.0 Å². The number of anilines is 1. The summed E-state index contributed by atoms with van der Waals surface area (Å²) in [4.78, 5) is 41.6. The van der Waals surface area contributed by atoms with E-state index in [2.05, 4.69) is 0 Å². The molecule has 6 nitrogen and oxygen atoms in total. The highest BCUT2D eigenvalue weighted by Gasteiger charge is 2.44. The fraction of sp³-hybridized carbons (Fsp3) is 0.250. The van der Waals surface area contributed by atoms with Gasteiger partial charge in [-0.1, -0.05) is 6.07 Å². The fourth-order valence-electron chi connectivity index (χ4n) is 2.94. The standard InChI is InChI=1S/C20H19FN2O4S/c1-3-22(4-2)17-18(27-16(24)12-15-6-5-11-28-15)20(26)23(19(17)25)14-9-7-13(21)8-10-14/h5-11H,3-4,12H2,1-2H3. The van der Waals surface area contributed by atoms with Crippen LogP contribution in [0.4, 0.5) is 10.1 Å². The molecule has 0 atom stereocenters. The number of halogens is 1. The molecular formula is C20H19FN2O4S. The molecule has 2 aromatic rings. The second kappa shape index (κ2) is 8.35. The zero-order valence-corrected chi connectivity index (χ0v) is 16.3. The molecule has 0 unspecified atom stereocenters. The summed E-state index contributed by atoms with van der Waals surface area (Å²) in [6.45, 7) is 4.57. The Morgan fingerprint density at radius 3 is 2.36 bits per heavy atom. The topological polar surface area (TPSA) is 66.9 Å². The van der Waals surface area contributed by atoms with Gasteiger partial charge in [0.2, 0.25) is 5.76 Å². The smallest absolute Gasteiger partial charge is 0.316 e. The van der Waals surface area contributed by atoms with Crippen LogP contribution in [0.1, 0.15) is 18.7 Å². The lowest BCUT2D eigenvalue weighted by Gasteiger charge is -2.22. The summed E-state index contributed by atoms with van der Waals surface area (Å²) in [5.74, 6) is -2.73. The molecule has 2 amide bonds. The van der Waals surface area contributed by atoms with E-state index in [9.17, 15) is 18.8 Å². The van der Waals surface area contributed by atoms with Gasteiger partial charge in [-0.3, -0.25) is 14.4 Å². The Kier molecular flexibility index (Phi) is 5.89. The van der Waals surface area contributed by atoms with Gasteiger partial charge in [0.05, 0.1) is 12.1 Å². The molecule has 0 saturated carbocycles. The SMILES string of the molecule is CCN(CC)C1=C(OC(=O)Cc2cccs2)C(=O)N(c2ccc(F)cc2)C1=O. The third kappa shape index (κ3) is 3.82. The molecule has 2 heterocycles. The van der Waals surface area contributed by atoms with E-state index in [1.54, 1.807) is 11.0 Å². The van der Waals surface area contributed by atoms with Crippen molar-refractivity contribution in [2.24, 2.45) is 0 Å². The summed E-state index contributed by atoms with van der Waals surface area (Å²) >= 11 is 1.40. The van der Waals surface area contributed by atoms with Crippen LogP contribution in [0.5, 0.6) is 0 Å². The average molecular weight is 402 g/mol. The van der Waals surface area contributed by atoms with Crippen molar-refractivity contribution >= 4 is 34.8 Å². The number of nitrogens with zero attached hydrogens (tertiary/aromatic N) is 2. The lowest BCUT2D eigenvalue weighted by atomic mass is 10.3. The van der Waals surface area contributed by atoms with E-state index < -0.39 is 23.6 Å². The Morgan fingerprint density at radius 2 is 1.79 bits per heavy atom. The van der Waals surface area contributed by atoms with Gasteiger partial charge >= 0.3 is 11.9 Å². The Balaban J connectivity index is 1.93. The Labute approximate surface area is 165 Å². The summed E-state index contributed by atoms with van der Waals surface area (Å²) in [6.07, 6.45) is 0.00468.